The van der Waals surface area contributed by atoms with Crippen molar-refractivity contribution < 1.29 is 14.4 Å². The number of aromatic nitrogens is 1. The molecule has 4 nitrogen and oxygen atoms in total. The highest BCUT2D eigenvalue weighted by molar-refractivity contribution is 5.90. The average molecular weight is 197 g/mol. The molecule has 0 saturated carbocycles. The summed E-state index contributed by atoms with van der Waals surface area (Å²) in [6.07, 6.45) is 0.571. The minimum atomic E-state index is -0.965. The van der Waals surface area contributed by atoms with Crippen LogP contribution in [0.5, 0.6) is 0 Å². The normalized spacial score (nSPS) is 11.7. The molecular formula is C10H15NO3. The first-order valence-corrected chi connectivity index (χ1v) is 4.60. The minimum Gasteiger partial charge on any atom is -0.477 e. The molecular weight excluding hydrogens is 182 g/mol. The quantitative estimate of drug-likeness (QED) is 0.789. The lowest BCUT2D eigenvalue weighted by Crippen LogP contribution is -2.15. The lowest BCUT2D eigenvalue weighted by atomic mass is 9.89. The predicted molar refractivity (Wildman–Crippen MR) is 51.5 cm³/mol. The van der Waals surface area contributed by atoms with Gasteiger partial charge in [0.15, 0.2) is 5.76 Å². The van der Waals surface area contributed by atoms with Crippen LogP contribution in [0.4, 0.5) is 0 Å². The Morgan fingerprint density at radius 1 is 1.50 bits per heavy atom. The van der Waals surface area contributed by atoms with Crippen molar-refractivity contribution in [1.82, 2.24) is 5.16 Å². The first kappa shape index (κ1) is 10.8. The van der Waals surface area contributed by atoms with Gasteiger partial charge in [0.2, 0.25) is 0 Å². The third-order valence-electron chi connectivity index (χ3n) is 1.99. The fraction of sp³-hybridized carbons (Fsp3) is 0.600. The zero-order chi connectivity index (χ0) is 10.9. The largest absolute Gasteiger partial charge is 0.477 e. The summed E-state index contributed by atoms with van der Waals surface area (Å²) in [4.78, 5) is 11.0. The van der Waals surface area contributed by atoms with Crippen LogP contribution in [0.3, 0.4) is 0 Å². The van der Waals surface area contributed by atoms with Gasteiger partial charge in [-0.2, -0.15) is 0 Å². The van der Waals surface area contributed by atoms with Crippen molar-refractivity contribution in [2.24, 2.45) is 0 Å². The van der Waals surface area contributed by atoms with E-state index in [1.165, 1.54) is 0 Å². The number of hydrogen-bond donors (Lipinski definition) is 1. The molecule has 0 saturated heterocycles. The highest BCUT2D eigenvalue weighted by Gasteiger charge is 2.29. The fourth-order valence-electron chi connectivity index (χ4n) is 1.30. The van der Waals surface area contributed by atoms with Gasteiger partial charge in [-0.3, -0.25) is 0 Å². The summed E-state index contributed by atoms with van der Waals surface area (Å²) in [7, 11) is 0. The second-order valence-electron chi connectivity index (χ2n) is 4.24. The van der Waals surface area contributed by atoms with E-state index in [1.54, 1.807) is 0 Å². The van der Waals surface area contributed by atoms with Crippen molar-refractivity contribution in [2.75, 3.05) is 0 Å². The van der Waals surface area contributed by atoms with Crippen molar-refractivity contribution in [1.29, 1.82) is 0 Å². The molecule has 0 aliphatic carbocycles. The lowest BCUT2D eigenvalue weighted by molar-refractivity contribution is 0.0691. The van der Waals surface area contributed by atoms with Crippen molar-refractivity contribution in [3.8, 4) is 0 Å². The highest BCUT2D eigenvalue weighted by atomic mass is 16.5. The Bertz CT molecular complexity index is 347. The molecule has 0 aliphatic rings. The van der Waals surface area contributed by atoms with Gasteiger partial charge in [-0.05, 0) is 6.42 Å². The number of aromatic carboxylic acids is 1. The molecule has 0 aromatic carbocycles. The molecule has 0 aliphatic heterocycles. The summed E-state index contributed by atoms with van der Waals surface area (Å²) in [5.41, 5.74) is 0.413. The second kappa shape index (κ2) is 3.44. The Kier molecular flexibility index (Phi) is 2.64. The molecule has 0 atom stereocenters. The average Bonchev–Trinajstić information content (AvgIpc) is 2.45. The summed E-state index contributed by atoms with van der Waals surface area (Å²) in [6, 6.07) is 0. The van der Waals surface area contributed by atoms with Crippen molar-refractivity contribution >= 4 is 5.97 Å². The van der Waals surface area contributed by atoms with Gasteiger partial charge in [0.25, 0.3) is 0 Å². The van der Waals surface area contributed by atoms with Gasteiger partial charge in [-0.25, -0.2) is 4.79 Å². The number of rotatable bonds is 2. The minimum absolute atomic E-state index is 0.222. The molecule has 1 N–H and O–H groups in total. The molecule has 1 rings (SSSR count). The van der Waals surface area contributed by atoms with E-state index < -0.39 is 5.97 Å². The molecule has 78 valence electrons. The molecule has 0 unspecified atom stereocenters. The van der Waals surface area contributed by atoms with Crippen LogP contribution in [0.15, 0.2) is 4.52 Å². The Morgan fingerprint density at radius 3 is 2.43 bits per heavy atom. The van der Waals surface area contributed by atoms with E-state index in [2.05, 4.69) is 5.16 Å². The molecule has 0 bridgehead atoms. The Hall–Kier alpha value is -1.32. The van der Waals surface area contributed by atoms with E-state index in [1.807, 2.05) is 27.7 Å². The third-order valence-corrected chi connectivity index (χ3v) is 1.99. The van der Waals surface area contributed by atoms with E-state index in [4.69, 9.17) is 9.63 Å². The molecule has 14 heavy (non-hydrogen) atoms. The smallest absolute Gasteiger partial charge is 0.341 e. The highest BCUT2D eigenvalue weighted by Crippen LogP contribution is 2.28. The van der Waals surface area contributed by atoms with Gasteiger partial charge in [0.1, 0.15) is 5.56 Å². The van der Waals surface area contributed by atoms with Gasteiger partial charge in [-0.1, -0.05) is 32.9 Å². The van der Waals surface area contributed by atoms with Crippen LogP contribution in [0.25, 0.3) is 0 Å². The maximum Gasteiger partial charge on any atom is 0.341 e. The fourth-order valence-corrected chi connectivity index (χ4v) is 1.30. The van der Waals surface area contributed by atoms with Crippen LogP contribution in [0.1, 0.15) is 49.5 Å². The van der Waals surface area contributed by atoms with Crippen molar-refractivity contribution in [3.05, 3.63) is 17.0 Å². The monoisotopic (exact) mass is 197 g/mol. The van der Waals surface area contributed by atoms with Crippen LogP contribution in [0.2, 0.25) is 0 Å². The van der Waals surface area contributed by atoms with Crippen LogP contribution < -0.4 is 0 Å². The van der Waals surface area contributed by atoms with Gasteiger partial charge in [-0.15, -0.1) is 0 Å². The van der Waals surface area contributed by atoms with Crippen LogP contribution in [-0.2, 0) is 11.8 Å². The van der Waals surface area contributed by atoms with E-state index in [0.717, 1.165) is 0 Å². The summed E-state index contributed by atoms with van der Waals surface area (Å²) in [6.45, 7) is 7.56. The Morgan fingerprint density at radius 2 is 2.07 bits per heavy atom. The zero-order valence-electron chi connectivity index (χ0n) is 8.92. The van der Waals surface area contributed by atoms with Crippen molar-refractivity contribution in [3.63, 3.8) is 0 Å². The van der Waals surface area contributed by atoms with E-state index in [9.17, 15) is 4.79 Å². The summed E-state index contributed by atoms with van der Waals surface area (Å²) in [5, 5.41) is 12.8. The van der Waals surface area contributed by atoms with Crippen LogP contribution in [-0.4, -0.2) is 16.2 Å². The number of carboxylic acid groups (broad SMARTS) is 1. The second-order valence-corrected chi connectivity index (χ2v) is 4.24. The van der Waals surface area contributed by atoms with Gasteiger partial charge < -0.3 is 9.63 Å². The van der Waals surface area contributed by atoms with Crippen LogP contribution in [0, 0.1) is 0 Å². The first-order valence-electron chi connectivity index (χ1n) is 4.60. The predicted octanol–water partition coefficient (Wildman–Crippen LogP) is 2.23. The maximum atomic E-state index is 11.0. The molecule has 0 spiro atoms. The Balaban J connectivity index is 3.32. The molecule has 1 aromatic rings. The summed E-state index contributed by atoms with van der Waals surface area (Å²) < 4.78 is 5.08. The molecule has 0 fully saturated rings. The van der Waals surface area contributed by atoms with Crippen molar-refractivity contribution in [2.45, 2.75) is 39.5 Å². The number of nitrogens with zero attached hydrogens (tertiary/aromatic N) is 1. The standard InChI is InChI=1S/C10H15NO3/c1-5-6-7(9(12)13)8(14-11-6)10(2,3)4/h5H2,1-4H3,(H,12,13). The molecule has 1 aromatic heterocycles. The lowest BCUT2D eigenvalue weighted by Gasteiger charge is -2.14. The summed E-state index contributed by atoms with van der Waals surface area (Å²) in [5.74, 6) is -0.519. The number of hydrogen-bond acceptors (Lipinski definition) is 3. The zero-order valence-corrected chi connectivity index (χ0v) is 8.92. The number of carboxylic acids is 1. The van der Waals surface area contributed by atoms with E-state index in [-0.39, 0.29) is 11.0 Å². The maximum absolute atomic E-state index is 11.0. The third kappa shape index (κ3) is 1.78. The molecule has 0 radical (unpaired) electrons. The first-order chi connectivity index (χ1) is 6.38. The number of carbonyl (C=O) groups is 1. The number of aryl methyl sites for hydroxylation is 1. The van der Waals surface area contributed by atoms with Crippen LogP contribution >= 0.6 is 0 Å². The molecule has 0 amide bonds. The van der Waals surface area contributed by atoms with Gasteiger partial charge >= 0.3 is 5.97 Å². The van der Waals surface area contributed by atoms with E-state index >= 15 is 0 Å². The SMILES string of the molecule is CCc1noc(C(C)(C)C)c1C(=O)O. The van der Waals surface area contributed by atoms with Gasteiger partial charge in [0.05, 0.1) is 5.69 Å². The van der Waals surface area contributed by atoms with Gasteiger partial charge in [0, 0.05) is 5.41 Å². The topological polar surface area (TPSA) is 63.3 Å². The summed E-state index contributed by atoms with van der Waals surface area (Å²) >= 11 is 0. The van der Waals surface area contributed by atoms with E-state index in [0.29, 0.717) is 17.9 Å². The molecule has 1 heterocycles. The Labute approximate surface area is 82.9 Å². The molecule has 4 heteroatoms.